The van der Waals surface area contributed by atoms with Gasteiger partial charge in [-0.15, -0.1) is 0 Å². The van der Waals surface area contributed by atoms with Crippen molar-refractivity contribution in [1.29, 1.82) is 5.26 Å². The Labute approximate surface area is 156 Å². The van der Waals surface area contributed by atoms with Gasteiger partial charge in [0.2, 0.25) is 5.28 Å². The number of aryl methyl sites for hydroxylation is 1. The van der Waals surface area contributed by atoms with Crippen LogP contribution in [0.4, 0.5) is 11.6 Å². The minimum Gasteiger partial charge on any atom is -0.367 e. The Hall–Kier alpha value is -2.37. The molecular weight excluding hydrogens is 374 g/mol. The van der Waals surface area contributed by atoms with E-state index in [1.165, 1.54) is 0 Å². The quantitative estimate of drug-likeness (QED) is 0.807. The van der Waals surface area contributed by atoms with Crippen molar-refractivity contribution in [1.82, 2.24) is 9.97 Å². The summed E-state index contributed by atoms with van der Waals surface area (Å²) in [7, 11) is -3.85. The highest BCUT2D eigenvalue weighted by Crippen LogP contribution is 2.43. The van der Waals surface area contributed by atoms with Crippen molar-refractivity contribution in [3.05, 3.63) is 40.7 Å². The van der Waals surface area contributed by atoms with Gasteiger partial charge < -0.3 is 5.32 Å². The van der Waals surface area contributed by atoms with Crippen LogP contribution in [0.2, 0.25) is 5.28 Å². The van der Waals surface area contributed by atoms with Crippen molar-refractivity contribution in [2.45, 2.75) is 36.6 Å². The monoisotopic (exact) mass is 389 g/mol. The molecule has 9 heteroatoms. The molecular formula is C17H16ClN5O2S. The molecule has 0 spiro atoms. The smallest absolute Gasteiger partial charge is 0.265 e. The number of benzene rings is 1. The number of fused-ring (bicyclic) bond motifs is 1. The van der Waals surface area contributed by atoms with Crippen LogP contribution in [-0.4, -0.2) is 31.0 Å². The molecule has 1 aliphatic heterocycles. The summed E-state index contributed by atoms with van der Waals surface area (Å²) in [6.45, 7) is 1.88. The van der Waals surface area contributed by atoms with Crippen LogP contribution in [0.3, 0.4) is 0 Å². The van der Waals surface area contributed by atoms with Gasteiger partial charge in [-0.25, -0.2) is 17.7 Å². The molecule has 1 aliphatic carbocycles. The van der Waals surface area contributed by atoms with E-state index < -0.39 is 15.9 Å². The summed E-state index contributed by atoms with van der Waals surface area (Å²) in [6, 6.07) is 9.02. The van der Waals surface area contributed by atoms with Gasteiger partial charge in [0.05, 0.1) is 29.0 Å². The highest BCUT2D eigenvalue weighted by Gasteiger charge is 2.41. The Bertz CT molecular complexity index is 1010. The molecule has 1 aromatic heterocycles. The fourth-order valence-corrected chi connectivity index (χ4v) is 4.58. The molecule has 1 N–H and O–H groups in total. The molecule has 0 saturated heterocycles. The Morgan fingerprint density at radius 3 is 2.58 bits per heavy atom. The van der Waals surface area contributed by atoms with Gasteiger partial charge in [0.1, 0.15) is 5.82 Å². The van der Waals surface area contributed by atoms with E-state index in [2.05, 4.69) is 21.4 Å². The van der Waals surface area contributed by atoms with Crippen LogP contribution in [0.25, 0.3) is 0 Å². The van der Waals surface area contributed by atoms with Gasteiger partial charge in [0.25, 0.3) is 10.0 Å². The van der Waals surface area contributed by atoms with Crippen molar-refractivity contribution >= 4 is 33.3 Å². The first-order chi connectivity index (χ1) is 12.4. The third-order valence-corrected chi connectivity index (χ3v) is 6.45. The molecule has 0 amide bonds. The molecule has 0 bridgehead atoms. The number of nitrogens with one attached hydrogen (secondary N) is 1. The van der Waals surface area contributed by atoms with E-state index in [1.807, 2.05) is 6.92 Å². The summed E-state index contributed by atoms with van der Waals surface area (Å²) >= 11 is 6.04. The van der Waals surface area contributed by atoms with E-state index in [0.717, 1.165) is 22.7 Å². The summed E-state index contributed by atoms with van der Waals surface area (Å²) in [5.41, 5.74) is 1.46. The molecule has 1 saturated carbocycles. The zero-order valence-corrected chi connectivity index (χ0v) is 15.5. The van der Waals surface area contributed by atoms with Gasteiger partial charge in [-0.3, -0.25) is 0 Å². The SMILES string of the molecule is Cc1ccc(S(=O)(=O)N2CC(C#N)c3c(NC4CC4)nc(Cl)nc32)cc1. The van der Waals surface area contributed by atoms with Crippen LogP contribution in [0.15, 0.2) is 29.2 Å². The Kier molecular flexibility index (Phi) is 4.01. The maximum Gasteiger partial charge on any atom is 0.265 e. The molecule has 1 aromatic carbocycles. The van der Waals surface area contributed by atoms with Crippen molar-refractivity contribution in [3.63, 3.8) is 0 Å². The molecule has 4 rings (SSSR count). The second-order valence-corrected chi connectivity index (χ2v) is 8.73. The van der Waals surface area contributed by atoms with Gasteiger partial charge in [-0.1, -0.05) is 17.7 Å². The number of hydrogen-bond donors (Lipinski definition) is 1. The van der Waals surface area contributed by atoms with Crippen molar-refractivity contribution in [2.75, 3.05) is 16.2 Å². The number of hydrogen-bond acceptors (Lipinski definition) is 6. The van der Waals surface area contributed by atoms with Gasteiger partial charge in [0.15, 0.2) is 5.82 Å². The third-order valence-electron chi connectivity index (χ3n) is 4.51. The molecule has 0 radical (unpaired) electrons. The molecule has 134 valence electrons. The Morgan fingerprint density at radius 1 is 1.27 bits per heavy atom. The fraction of sp³-hybridized carbons (Fsp3) is 0.353. The maximum absolute atomic E-state index is 13.1. The first-order valence-electron chi connectivity index (χ1n) is 8.23. The number of sulfonamides is 1. The highest BCUT2D eigenvalue weighted by molar-refractivity contribution is 7.92. The molecule has 7 nitrogen and oxygen atoms in total. The minimum absolute atomic E-state index is 0.00356. The normalized spacial score (nSPS) is 19.1. The number of rotatable bonds is 4. The first kappa shape index (κ1) is 17.1. The largest absolute Gasteiger partial charge is 0.367 e. The average molecular weight is 390 g/mol. The zero-order valence-electron chi connectivity index (χ0n) is 14.0. The van der Waals surface area contributed by atoms with E-state index in [-0.39, 0.29) is 28.6 Å². The maximum atomic E-state index is 13.1. The lowest BCUT2D eigenvalue weighted by molar-refractivity contribution is 0.591. The van der Waals surface area contributed by atoms with Crippen LogP contribution in [0.1, 0.15) is 29.9 Å². The van der Waals surface area contributed by atoms with Crippen LogP contribution < -0.4 is 9.62 Å². The molecule has 2 heterocycles. The van der Waals surface area contributed by atoms with Crippen LogP contribution in [-0.2, 0) is 10.0 Å². The molecule has 1 fully saturated rings. The van der Waals surface area contributed by atoms with E-state index in [1.54, 1.807) is 24.3 Å². The number of anilines is 2. The van der Waals surface area contributed by atoms with Gasteiger partial charge >= 0.3 is 0 Å². The van der Waals surface area contributed by atoms with E-state index in [0.29, 0.717) is 11.4 Å². The molecule has 1 unspecified atom stereocenters. The summed E-state index contributed by atoms with van der Waals surface area (Å²) in [5, 5.41) is 12.7. The number of nitrogens with zero attached hydrogens (tertiary/aromatic N) is 4. The van der Waals surface area contributed by atoms with Gasteiger partial charge in [-0.2, -0.15) is 10.2 Å². The van der Waals surface area contributed by atoms with E-state index in [4.69, 9.17) is 11.6 Å². The number of nitriles is 1. The molecule has 26 heavy (non-hydrogen) atoms. The predicted octanol–water partition coefficient (Wildman–Crippen LogP) is 2.83. The van der Waals surface area contributed by atoms with Crippen molar-refractivity contribution in [2.24, 2.45) is 0 Å². The lowest BCUT2D eigenvalue weighted by Crippen LogP contribution is -2.30. The molecule has 1 atom stereocenters. The predicted molar refractivity (Wildman–Crippen MR) is 97.8 cm³/mol. The summed E-state index contributed by atoms with van der Waals surface area (Å²) < 4.78 is 27.4. The molecule has 2 aromatic rings. The highest BCUT2D eigenvalue weighted by atomic mass is 35.5. The molecule has 2 aliphatic rings. The van der Waals surface area contributed by atoms with Crippen molar-refractivity contribution < 1.29 is 8.42 Å². The van der Waals surface area contributed by atoms with E-state index in [9.17, 15) is 13.7 Å². The number of halogens is 1. The fourth-order valence-electron chi connectivity index (χ4n) is 2.97. The average Bonchev–Trinajstić information content (AvgIpc) is 3.32. The topological polar surface area (TPSA) is 99.0 Å². The van der Waals surface area contributed by atoms with Crippen molar-refractivity contribution in [3.8, 4) is 6.07 Å². The summed E-state index contributed by atoms with van der Waals surface area (Å²) in [5.74, 6) is -0.0142. The second-order valence-electron chi connectivity index (χ2n) is 6.53. The lowest BCUT2D eigenvalue weighted by Gasteiger charge is -2.19. The zero-order chi connectivity index (χ0) is 18.5. The van der Waals surface area contributed by atoms with Crippen LogP contribution >= 0.6 is 11.6 Å². The van der Waals surface area contributed by atoms with Gasteiger partial charge in [0, 0.05) is 6.04 Å². The second kappa shape index (κ2) is 6.11. The van der Waals surface area contributed by atoms with E-state index >= 15 is 0 Å². The Balaban J connectivity index is 1.82. The first-order valence-corrected chi connectivity index (χ1v) is 10.0. The summed E-state index contributed by atoms with van der Waals surface area (Å²) in [4.78, 5) is 8.49. The third kappa shape index (κ3) is 2.87. The van der Waals surface area contributed by atoms with Crippen LogP contribution in [0, 0.1) is 18.3 Å². The number of aromatic nitrogens is 2. The lowest BCUT2D eigenvalue weighted by atomic mass is 10.1. The minimum atomic E-state index is -3.85. The standard InChI is InChI=1S/C17H16ClN5O2S/c1-10-2-6-13(7-3-10)26(24,25)23-9-11(8-19)14-15(20-12-4-5-12)21-17(18)22-16(14)23/h2-3,6-7,11-12H,4-5,9H2,1H3,(H,20,21,22). The van der Waals surface area contributed by atoms with Gasteiger partial charge in [-0.05, 0) is 43.5 Å². The van der Waals surface area contributed by atoms with Crippen LogP contribution in [0.5, 0.6) is 0 Å². The summed E-state index contributed by atoms with van der Waals surface area (Å²) in [6.07, 6.45) is 2.03. The Morgan fingerprint density at radius 2 is 1.96 bits per heavy atom.